The lowest BCUT2D eigenvalue weighted by atomic mass is 10.1. The quantitative estimate of drug-likeness (QED) is 0.893. The molecule has 1 unspecified atom stereocenters. The molecule has 0 aliphatic heterocycles. The number of benzene rings is 1. The zero-order valence-electron chi connectivity index (χ0n) is 10.9. The number of pyridine rings is 1. The van der Waals surface area contributed by atoms with E-state index in [2.05, 4.69) is 28.9 Å². The van der Waals surface area contributed by atoms with Crippen molar-refractivity contribution in [3.63, 3.8) is 0 Å². The molecule has 3 heteroatoms. The molecule has 2 rings (SSSR count). The Balaban J connectivity index is 2.46. The van der Waals surface area contributed by atoms with Gasteiger partial charge in [0.05, 0.1) is 0 Å². The van der Waals surface area contributed by atoms with E-state index in [1.807, 2.05) is 43.5 Å². The Bertz CT molecular complexity index is 494. The Labute approximate surface area is 108 Å². The SMILES string of the molecule is CCN(c1ccccc1)c1ncccc1C(C)N. The van der Waals surface area contributed by atoms with Gasteiger partial charge in [0, 0.05) is 30.0 Å². The number of nitrogens with two attached hydrogens (primary N) is 1. The third-order valence-electron chi connectivity index (χ3n) is 2.95. The summed E-state index contributed by atoms with van der Waals surface area (Å²) in [6.07, 6.45) is 1.81. The van der Waals surface area contributed by atoms with Gasteiger partial charge >= 0.3 is 0 Å². The van der Waals surface area contributed by atoms with Crippen LogP contribution in [-0.2, 0) is 0 Å². The van der Waals surface area contributed by atoms with Crippen molar-refractivity contribution in [2.24, 2.45) is 5.73 Å². The van der Waals surface area contributed by atoms with E-state index in [1.54, 1.807) is 0 Å². The maximum absolute atomic E-state index is 6.02. The van der Waals surface area contributed by atoms with Crippen molar-refractivity contribution in [1.29, 1.82) is 0 Å². The minimum absolute atomic E-state index is 0.0218. The topological polar surface area (TPSA) is 42.2 Å². The molecule has 2 N–H and O–H groups in total. The number of rotatable bonds is 4. The van der Waals surface area contributed by atoms with Gasteiger partial charge in [-0.25, -0.2) is 4.98 Å². The first-order valence-corrected chi connectivity index (χ1v) is 6.27. The molecule has 1 atom stereocenters. The van der Waals surface area contributed by atoms with E-state index in [0.29, 0.717) is 0 Å². The molecular weight excluding hydrogens is 222 g/mol. The average molecular weight is 241 g/mol. The zero-order chi connectivity index (χ0) is 13.0. The third kappa shape index (κ3) is 2.51. The van der Waals surface area contributed by atoms with Gasteiger partial charge in [-0.05, 0) is 32.0 Å². The molecule has 0 fully saturated rings. The average Bonchev–Trinajstić information content (AvgIpc) is 2.41. The van der Waals surface area contributed by atoms with Crippen molar-refractivity contribution in [2.75, 3.05) is 11.4 Å². The molecule has 0 spiro atoms. The summed E-state index contributed by atoms with van der Waals surface area (Å²) in [7, 11) is 0. The van der Waals surface area contributed by atoms with Crippen LogP contribution < -0.4 is 10.6 Å². The highest BCUT2D eigenvalue weighted by Crippen LogP contribution is 2.28. The van der Waals surface area contributed by atoms with Crippen LogP contribution in [-0.4, -0.2) is 11.5 Å². The minimum atomic E-state index is -0.0218. The van der Waals surface area contributed by atoms with Crippen LogP contribution in [0, 0.1) is 0 Å². The second kappa shape index (κ2) is 5.65. The first-order valence-electron chi connectivity index (χ1n) is 6.27. The van der Waals surface area contributed by atoms with Gasteiger partial charge in [0.1, 0.15) is 5.82 Å². The van der Waals surface area contributed by atoms with Crippen molar-refractivity contribution in [2.45, 2.75) is 19.9 Å². The summed E-state index contributed by atoms with van der Waals surface area (Å²) in [4.78, 5) is 6.67. The second-order valence-electron chi connectivity index (χ2n) is 4.28. The molecule has 0 saturated carbocycles. The van der Waals surface area contributed by atoms with Crippen molar-refractivity contribution < 1.29 is 0 Å². The van der Waals surface area contributed by atoms with E-state index < -0.39 is 0 Å². The lowest BCUT2D eigenvalue weighted by Gasteiger charge is -2.25. The Morgan fingerprint density at radius 3 is 2.50 bits per heavy atom. The Morgan fingerprint density at radius 2 is 1.89 bits per heavy atom. The molecule has 0 aliphatic carbocycles. The standard InChI is InChI=1S/C15H19N3/c1-3-18(13-8-5-4-6-9-13)15-14(12(2)16)10-7-11-17-15/h4-12H,3,16H2,1-2H3. The summed E-state index contributed by atoms with van der Waals surface area (Å²) in [6, 6.07) is 14.2. The third-order valence-corrected chi connectivity index (χ3v) is 2.95. The van der Waals surface area contributed by atoms with Crippen LogP contribution in [0.5, 0.6) is 0 Å². The fourth-order valence-electron chi connectivity index (χ4n) is 2.05. The summed E-state index contributed by atoms with van der Waals surface area (Å²) in [5.74, 6) is 0.946. The summed E-state index contributed by atoms with van der Waals surface area (Å²) in [5.41, 5.74) is 8.23. The van der Waals surface area contributed by atoms with Crippen molar-refractivity contribution >= 4 is 11.5 Å². The number of para-hydroxylation sites is 1. The van der Waals surface area contributed by atoms with Crippen LogP contribution in [0.3, 0.4) is 0 Å². The molecule has 18 heavy (non-hydrogen) atoms. The lowest BCUT2D eigenvalue weighted by Crippen LogP contribution is -2.21. The van der Waals surface area contributed by atoms with Gasteiger partial charge in [0.2, 0.25) is 0 Å². The van der Waals surface area contributed by atoms with Gasteiger partial charge < -0.3 is 10.6 Å². The second-order valence-corrected chi connectivity index (χ2v) is 4.28. The summed E-state index contributed by atoms with van der Waals surface area (Å²) < 4.78 is 0. The number of aromatic nitrogens is 1. The molecule has 1 aromatic heterocycles. The van der Waals surface area contributed by atoms with E-state index in [1.165, 1.54) is 0 Å². The van der Waals surface area contributed by atoms with E-state index in [0.717, 1.165) is 23.6 Å². The van der Waals surface area contributed by atoms with Crippen molar-refractivity contribution in [3.05, 3.63) is 54.2 Å². The van der Waals surface area contributed by atoms with Gasteiger partial charge in [-0.1, -0.05) is 24.3 Å². The predicted octanol–water partition coefficient (Wildman–Crippen LogP) is 3.26. The van der Waals surface area contributed by atoms with Gasteiger partial charge in [-0.2, -0.15) is 0 Å². The Kier molecular flexibility index (Phi) is 3.95. The normalized spacial score (nSPS) is 12.2. The lowest BCUT2D eigenvalue weighted by molar-refractivity contribution is 0.802. The molecule has 0 bridgehead atoms. The molecule has 0 saturated heterocycles. The summed E-state index contributed by atoms with van der Waals surface area (Å²) >= 11 is 0. The van der Waals surface area contributed by atoms with Crippen LogP contribution in [0.15, 0.2) is 48.7 Å². The fraction of sp³-hybridized carbons (Fsp3) is 0.267. The number of hydrogen-bond acceptors (Lipinski definition) is 3. The molecule has 94 valence electrons. The van der Waals surface area contributed by atoms with Crippen LogP contribution in [0.1, 0.15) is 25.5 Å². The number of nitrogens with zero attached hydrogens (tertiary/aromatic N) is 2. The van der Waals surface area contributed by atoms with Crippen LogP contribution in [0.4, 0.5) is 11.5 Å². The van der Waals surface area contributed by atoms with Crippen LogP contribution >= 0.6 is 0 Å². The predicted molar refractivity (Wildman–Crippen MR) is 76.0 cm³/mol. The minimum Gasteiger partial charge on any atom is -0.326 e. The van der Waals surface area contributed by atoms with E-state index in [-0.39, 0.29) is 6.04 Å². The smallest absolute Gasteiger partial charge is 0.137 e. The van der Waals surface area contributed by atoms with Gasteiger partial charge in [-0.15, -0.1) is 0 Å². The fourth-order valence-corrected chi connectivity index (χ4v) is 2.05. The highest BCUT2D eigenvalue weighted by molar-refractivity contribution is 5.63. The first kappa shape index (κ1) is 12.6. The number of hydrogen-bond donors (Lipinski definition) is 1. The van der Waals surface area contributed by atoms with Crippen molar-refractivity contribution in [1.82, 2.24) is 4.98 Å². The molecule has 3 nitrogen and oxygen atoms in total. The van der Waals surface area contributed by atoms with Gasteiger partial charge in [0.15, 0.2) is 0 Å². The molecular formula is C15H19N3. The molecule has 0 radical (unpaired) electrons. The summed E-state index contributed by atoms with van der Waals surface area (Å²) in [6.45, 7) is 4.97. The maximum atomic E-state index is 6.02. The molecule has 1 heterocycles. The molecule has 2 aromatic rings. The Morgan fingerprint density at radius 1 is 1.17 bits per heavy atom. The van der Waals surface area contributed by atoms with Gasteiger partial charge in [-0.3, -0.25) is 0 Å². The monoisotopic (exact) mass is 241 g/mol. The highest BCUT2D eigenvalue weighted by atomic mass is 15.2. The van der Waals surface area contributed by atoms with Crippen molar-refractivity contribution in [3.8, 4) is 0 Å². The summed E-state index contributed by atoms with van der Waals surface area (Å²) in [5, 5.41) is 0. The van der Waals surface area contributed by atoms with E-state index in [9.17, 15) is 0 Å². The van der Waals surface area contributed by atoms with Crippen LogP contribution in [0.25, 0.3) is 0 Å². The first-order chi connectivity index (χ1) is 8.74. The van der Waals surface area contributed by atoms with Crippen LogP contribution in [0.2, 0.25) is 0 Å². The molecule has 0 amide bonds. The van der Waals surface area contributed by atoms with E-state index in [4.69, 9.17) is 5.73 Å². The van der Waals surface area contributed by atoms with Gasteiger partial charge in [0.25, 0.3) is 0 Å². The zero-order valence-corrected chi connectivity index (χ0v) is 10.9. The molecule has 1 aromatic carbocycles. The molecule has 0 aliphatic rings. The Hall–Kier alpha value is -1.87. The largest absolute Gasteiger partial charge is 0.326 e. The number of anilines is 2. The van der Waals surface area contributed by atoms with E-state index >= 15 is 0 Å². The maximum Gasteiger partial charge on any atom is 0.137 e. The highest BCUT2D eigenvalue weighted by Gasteiger charge is 2.14.